The molecule has 2 heterocycles. The number of aromatic nitrogens is 1. The van der Waals surface area contributed by atoms with E-state index in [1.807, 2.05) is 46.8 Å². The van der Waals surface area contributed by atoms with Crippen LogP contribution in [-0.4, -0.2) is 28.2 Å². The van der Waals surface area contributed by atoms with Gasteiger partial charge in [-0.3, -0.25) is 10.1 Å². The minimum absolute atomic E-state index is 0.0156. The number of nitro benzene ring substituents is 1. The number of benzene rings is 1. The Morgan fingerprint density at radius 2 is 1.77 bits per heavy atom. The summed E-state index contributed by atoms with van der Waals surface area (Å²) in [5.74, 6) is 0.516. The van der Waals surface area contributed by atoms with Crippen LogP contribution in [0.15, 0.2) is 36.5 Å². The number of nitrogens with zero attached hydrogens (tertiary/aromatic N) is 2. The molecular weight excluding hydrogens is 333 g/mol. The zero-order chi connectivity index (χ0) is 19.1. The van der Waals surface area contributed by atoms with Crippen LogP contribution in [0, 0.1) is 17.0 Å². The molecule has 0 atom stereocenters. The molecule has 0 unspecified atom stereocenters. The largest absolute Gasteiger partial charge is 0.496 e. The molecular formula is C18H22BN3O4. The molecule has 1 aromatic carbocycles. The summed E-state index contributed by atoms with van der Waals surface area (Å²) in [5.41, 5.74) is 1.19. The van der Waals surface area contributed by atoms with E-state index in [4.69, 9.17) is 9.31 Å². The molecule has 8 heteroatoms. The van der Waals surface area contributed by atoms with Gasteiger partial charge < -0.3 is 14.6 Å². The van der Waals surface area contributed by atoms with E-state index in [1.54, 1.807) is 18.3 Å². The summed E-state index contributed by atoms with van der Waals surface area (Å²) in [7, 11) is -0.491. The summed E-state index contributed by atoms with van der Waals surface area (Å²) in [6.07, 6.45) is 1.66. The van der Waals surface area contributed by atoms with Gasteiger partial charge in [0.05, 0.1) is 16.1 Å². The van der Waals surface area contributed by atoms with Gasteiger partial charge in [-0.15, -0.1) is 0 Å². The lowest BCUT2D eigenvalue weighted by Crippen LogP contribution is -2.41. The van der Waals surface area contributed by atoms with Gasteiger partial charge in [0.15, 0.2) is 0 Å². The Kier molecular flexibility index (Phi) is 4.50. The molecule has 1 aliphatic rings. The average Bonchev–Trinajstić information content (AvgIpc) is 2.78. The third-order valence-electron chi connectivity index (χ3n) is 5.01. The summed E-state index contributed by atoms with van der Waals surface area (Å²) >= 11 is 0. The van der Waals surface area contributed by atoms with Crippen LogP contribution in [0.2, 0.25) is 0 Å². The van der Waals surface area contributed by atoms with Crippen LogP contribution in [-0.2, 0) is 9.31 Å². The summed E-state index contributed by atoms with van der Waals surface area (Å²) in [4.78, 5) is 15.2. The first-order chi connectivity index (χ1) is 12.1. The minimum atomic E-state index is -0.491. The molecule has 0 spiro atoms. The summed E-state index contributed by atoms with van der Waals surface area (Å²) in [6.45, 7) is 9.79. The Hall–Kier alpha value is -2.45. The van der Waals surface area contributed by atoms with E-state index in [1.165, 1.54) is 6.07 Å². The van der Waals surface area contributed by atoms with Crippen molar-refractivity contribution in [3.63, 3.8) is 0 Å². The first kappa shape index (κ1) is 18.3. The molecule has 1 aromatic heterocycles. The lowest BCUT2D eigenvalue weighted by atomic mass is 9.80. The van der Waals surface area contributed by atoms with Gasteiger partial charge in [0.2, 0.25) is 0 Å². The molecule has 136 valence electrons. The number of nitrogens with one attached hydrogen (secondary N) is 1. The second-order valence-corrected chi connectivity index (χ2v) is 7.42. The van der Waals surface area contributed by atoms with Crippen molar-refractivity contribution in [2.24, 2.45) is 0 Å². The normalized spacial score (nSPS) is 18.0. The highest BCUT2D eigenvalue weighted by Crippen LogP contribution is 2.36. The third-order valence-corrected chi connectivity index (χ3v) is 5.01. The number of anilines is 2. The van der Waals surface area contributed by atoms with Gasteiger partial charge in [0, 0.05) is 17.7 Å². The third kappa shape index (κ3) is 3.30. The fourth-order valence-corrected chi connectivity index (χ4v) is 2.69. The van der Waals surface area contributed by atoms with Gasteiger partial charge in [-0.25, -0.2) is 4.98 Å². The Bertz CT molecular complexity index is 821. The molecule has 0 radical (unpaired) electrons. The monoisotopic (exact) mass is 355 g/mol. The maximum Gasteiger partial charge on any atom is 0.496 e. The van der Waals surface area contributed by atoms with E-state index >= 15 is 0 Å². The van der Waals surface area contributed by atoms with E-state index in [2.05, 4.69) is 10.3 Å². The Labute approximate surface area is 153 Å². The van der Waals surface area contributed by atoms with Gasteiger partial charge >= 0.3 is 7.12 Å². The predicted molar refractivity (Wildman–Crippen MR) is 101 cm³/mol. The van der Waals surface area contributed by atoms with E-state index < -0.39 is 23.2 Å². The van der Waals surface area contributed by atoms with Crippen molar-refractivity contribution >= 4 is 29.8 Å². The molecule has 1 fully saturated rings. The number of hydrogen-bond donors (Lipinski definition) is 1. The van der Waals surface area contributed by atoms with E-state index in [0.717, 1.165) is 11.0 Å². The first-order valence-electron chi connectivity index (χ1n) is 8.43. The number of nitro groups is 1. The first-order valence-corrected chi connectivity index (χ1v) is 8.43. The van der Waals surface area contributed by atoms with Crippen LogP contribution in [0.4, 0.5) is 17.2 Å². The van der Waals surface area contributed by atoms with Crippen LogP contribution >= 0.6 is 0 Å². The van der Waals surface area contributed by atoms with E-state index in [0.29, 0.717) is 11.5 Å². The van der Waals surface area contributed by atoms with Crippen molar-refractivity contribution in [2.75, 3.05) is 5.32 Å². The van der Waals surface area contributed by atoms with E-state index in [9.17, 15) is 10.1 Å². The zero-order valence-electron chi connectivity index (χ0n) is 15.6. The molecule has 0 aliphatic carbocycles. The SMILES string of the molecule is Cc1cccc([N+](=O)[O-])c1Nc1ccc(B2OC(C)(C)C(C)(C)O2)cn1. The summed E-state index contributed by atoms with van der Waals surface area (Å²) in [6, 6.07) is 8.55. The van der Waals surface area contributed by atoms with E-state index in [-0.39, 0.29) is 5.69 Å². The predicted octanol–water partition coefficient (Wildman–Crippen LogP) is 3.34. The molecule has 1 saturated heterocycles. The van der Waals surface area contributed by atoms with Crippen LogP contribution in [0.25, 0.3) is 0 Å². The number of rotatable bonds is 4. The zero-order valence-corrected chi connectivity index (χ0v) is 15.6. The van der Waals surface area contributed by atoms with Gasteiger partial charge in [-0.2, -0.15) is 0 Å². The highest BCUT2D eigenvalue weighted by Gasteiger charge is 2.51. The fourth-order valence-electron chi connectivity index (χ4n) is 2.69. The maximum absolute atomic E-state index is 11.2. The van der Waals surface area contributed by atoms with Crippen molar-refractivity contribution in [1.29, 1.82) is 0 Å². The molecule has 0 amide bonds. The minimum Gasteiger partial charge on any atom is -0.399 e. The second kappa shape index (κ2) is 6.37. The molecule has 7 nitrogen and oxygen atoms in total. The fraction of sp³-hybridized carbons (Fsp3) is 0.389. The van der Waals surface area contributed by atoms with Gasteiger partial charge in [0.1, 0.15) is 11.5 Å². The number of para-hydroxylation sites is 1. The number of pyridine rings is 1. The Morgan fingerprint density at radius 3 is 2.31 bits per heavy atom. The van der Waals surface area contributed by atoms with Crippen molar-refractivity contribution in [3.05, 3.63) is 52.2 Å². The average molecular weight is 355 g/mol. The molecule has 26 heavy (non-hydrogen) atoms. The van der Waals surface area contributed by atoms with Crippen molar-refractivity contribution in [1.82, 2.24) is 4.98 Å². The Morgan fingerprint density at radius 1 is 1.12 bits per heavy atom. The van der Waals surface area contributed by atoms with Gasteiger partial charge in [-0.05, 0) is 46.2 Å². The quantitative estimate of drug-likeness (QED) is 0.514. The molecule has 0 saturated carbocycles. The molecule has 1 aliphatic heterocycles. The Balaban J connectivity index is 1.81. The second-order valence-electron chi connectivity index (χ2n) is 7.42. The van der Waals surface area contributed by atoms with Crippen LogP contribution in [0.5, 0.6) is 0 Å². The van der Waals surface area contributed by atoms with Gasteiger partial charge in [-0.1, -0.05) is 18.2 Å². The lowest BCUT2D eigenvalue weighted by Gasteiger charge is -2.32. The summed E-state index contributed by atoms with van der Waals surface area (Å²) < 4.78 is 12.0. The highest BCUT2D eigenvalue weighted by molar-refractivity contribution is 6.62. The number of aryl methyl sites for hydroxylation is 1. The van der Waals surface area contributed by atoms with Crippen LogP contribution in [0.3, 0.4) is 0 Å². The molecule has 2 aromatic rings. The highest BCUT2D eigenvalue weighted by atomic mass is 16.7. The van der Waals surface area contributed by atoms with Crippen molar-refractivity contribution < 1.29 is 14.2 Å². The standard InChI is InChI=1S/C18H22BN3O4/c1-12-7-6-8-14(22(23)24)16(12)21-15-10-9-13(11-20-15)19-25-17(2,3)18(4,5)26-19/h6-11H,1-5H3,(H,20,21). The lowest BCUT2D eigenvalue weighted by molar-refractivity contribution is -0.384. The van der Waals surface area contributed by atoms with Crippen molar-refractivity contribution in [2.45, 2.75) is 45.8 Å². The van der Waals surface area contributed by atoms with Crippen molar-refractivity contribution in [3.8, 4) is 0 Å². The van der Waals surface area contributed by atoms with Crippen LogP contribution < -0.4 is 10.8 Å². The molecule has 1 N–H and O–H groups in total. The molecule has 3 rings (SSSR count). The smallest absolute Gasteiger partial charge is 0.399 e. The van der Waals surface area contributed by atoms with Gasteiger partial charge in [0.25, 0.3) is 5.69 Å². The summed E-state index contributed by atoms with van der Waals surface area (Å²) in [5, 5.41) is 14.3. The number of hydrogen-bond acceptors (Lipinski definition) is 6. The maximum atomic E-state index is 11.2. The molecule has 0 bridgehead atoms. The van der Waals surface area contributed by atoms with Crippen LogP contribution in [0.1, 0.15) is 33.3 Å². The topological polar surface area (TPSA) is 86.5 Å².